The third kappa shape index (κ3) is 5.38. The summed E-state index contributed by atoms with van der Waals surface area (Å²) in [5.74, 6) is -2.83. The highest BCUT2D eigenvalue weighted by Gasteiger charge is 2.46. The summed E-state index contributed by atoms with van der Waals surface area (Å²) >= 11 is 0. The van der Waals surface area contributed by atoms with Gasteiger partial charge in [-0.3, -0.25) is 0 Å². The second-order valence-electron chi connectivity index (χ2n) is 7.72. The van der Waals surface area contributed by atoms with Crippen molar-refractivity contribution < 1.29 is 31.8 Å². The third-order valence-electron chi connectivity index (χ3n) is 3.96. The Labute approximate surface area is 151 Å². The summed E-state index contributed by atoms with van der Waals surface area (Å²) < 4.78 is 56.3. The maximum atomic E-state index is 13.7. The molecule has 1 aliphatic rings. The minimum Gasteiger partial charge on any atom is -0.444 e. The van der Waals surface area contributed by atoms with Gasteiger partial charge in [0.1, 0.15) is 22.1 Å². The molecule has 0 saturated heterocycles. The second kappa shape index (κ2) is 7.11. The first-order valence-electron chi connectivity index (χ1n) is 8.17. The molecule has 0 unspecified atom stereocenters. The molecule has 0 aliphatic heterocycles. The fourth-order valence-electron chi connectivity index (χ4n) is 2.98. The Morgan fingerprint density at radius 1 is 1.35 bits per heavy atom. The summed E-state index contributed by atoms with van der Waals surface area (Å²) in [6.07, 6.45) is -0.302. The zero-order chi connectivity index (χ0) is 19.8. The molecule has 1 aromatic rings. The number of carbonyl (C=O) groups excluding carboxylic acids is 1. The number of sulfone groups is 1. The van der Waals surface area contributed by atoms with Crippen LogP contribution in [0.2, 0.25) is 0 Å². The van der Waals surface area contributed by atoms with Crippen molar-refractivity contribution in [1.29, 1.82) is 0 Å². The monoisotopic (exact) mass is 391 g/mol. The first kappa shape index (κ1) is 20.6. The van der Waals surface area contributed by atoms with Gasteiger partial charge in [0, 0.05) is 12.6 Å². The van der Waals surface area contributed by atoms with Gasteiger partial charge in [-0.05, 0) is 51.7 Å². The minimum atomic E-state index is -4.11. The van der Waals surface area contributed by atoms with Crippen LogP contribution in [0.5, 0.6) is 0 Å². The van der Waals surface area contributed by atoms with Gasteiger partial charge in [0.15, 0.2) is 9.84 Å². The molecule has 0 aromatic heterocycles. The summed E-state index contributed by atoms with van der Waals surface area (Å²) in [4.78, 5) is 10.9. The molecule has 6 nitrogen and oxygen atoms in total. The first-order chi connectivity index (χ1) is 11.8. The summed E-state index contributed by atoms with van der Waals surface area (Å²) in [7, 11) is -4.11. The van der Waals surface area contributed by atoms with Crippen LogP contribution in [0.25, 0.3) is 0 Å². The third-order valence-corrected chi connectivity index (χ3v) is 5.88. The van der Waals surface area contributed by atoms with Crippen LogP contribution in [0, 0.1) is 17.6 Å². The molecule has 1 aromatic carbocycles. The molecule has 0 spiro atoms. The predicted molar refractivity (Wildman–Crippen MR) is 90.3 cm³/mol. The number of aliphatic hydroxyl groups is 1. The number of ether oxygens (including phenoxy) is 1. The molecule has 0 heterocycles. The molecule has 1 aliphatic carbocycles. The van der Waals surface area contributed by atoms with E-state index in [1.165, 1.54) is 0 Å². The van der Waals surface area contributed by atoms with E-state index in [0.29, 0.717) is 6.07 Å². The van der Waals surface area contributed by atoms with Crippen molar-refractivity contribution in [1.82, 2.24) is 5.32 Å². The fourth-order valence-corrected chi connectivity index (χ4v) is 4.71. The predicted octanol–water partition coefficient (Wildman–Crippen LogP) is 2.40. The highest BCUT2D eigenvalue weighted by molar-refractivity contribution is 7.91. The van der Waals surface area contributed by atoms with Gasteiger partial charge in [-0.25, -0.2) is 22.0 Å². The molecule has 26 heavy (non-hydrogen) atoms. The van der Waals surface area contributed by atoms with Gasteiger partial charge in [0.05, 0.1) is 11.4 Å². The molecule has 2 N–H and O–H groups in total. The van der Waals surface area contributed by atoms with Gasteiger partial charge < -0.3 is 15.2 Å². The minimum absolute atomic E-state index is 0.110. The van der Waals surface area contributed by atoms with Gasteiger partial charge in [-0.2, -0.15) is 0 Å². The summed E-state index contributed by atoms with van der Waals surface area (Å²) in [6.45, 7) is 5.43. The van der Waals surface area contributed by atoms with Crippen LogP contribution in [0.1, 0.15) is 33.6 Å². The van der Waals surface area contributed by atoms with Crippen molar-refractivity contribution in [2.45, 2.75) is 49.7 Å². The smallest absolute Gasteiger partial charge is 0.407 e. The van der Waals surface area contributed by atoms with E-state index < -0.39 is 49.4 Å². The number of amides is 1. The van der Waals surface area contributed by atoms with Crippen LogP contribution in [-0.4, -0.2) is 43.1 Å². The summed E-state index contributed by atoms with van der Waals surface area (Å²) in [5.41, 5.74) is -2.13. The van der Waals surface area contributed by atoms with Crippen molar-refractivity contribution in [2.24, 2.45) is 5.92 Å². The lowest BCUT2D eigenvalue weighted by Gasteiger charge is -2.43. The van der Waals surface area contributed by atoms with Crippen LogP contribution in [0.3, 0.4) is 0 Å². The van der Waals surface area contributed by atoms with Crippen LogP contribution >= 0.6 is 0 Å². The Morgan fingerprint density at radius 2 is 1.96 bits per heavy atom. The molecular weight excluding hydrogens is 368 g/mol. The molecule has 0 atom stereocenters. The molecule has 0 radical (unpaired) electrons. The maximum Gasteiger partial charge on any atom is 0.407 e. The largest absolute Gasteiger partial charge is 0.444 e. The van der Waals surface area contributed by atoms with E-state index in [-0.39, 0.29) is 25.3 Å². The SMILES string of the molecule is CC(C)(C)OC(=O)NCC1CC(O)(CS(=O)(=O)c2ccc(F)cc2F)C1. The van der Waals surface area contributed by atoms with E-state index in [2.05, 4.69) is 5.32 Å². The molecular formula is C17H23F2NO5S. The normalized spacial score (nSPS) is 23.2. The van der Waals surface area contributed by atoms with Gasteiger partial charge in [-0.15, -0.1) is 0 Å². The average molecular weight is 391 g/mol. The number of halogens is 2. The average Bonchev–Trinajstić information content (AvgIpc) is 2.39. The standard InChI is InChI=1S/C17H23F2NO5S/c1-16(2,3)25-15(21)20-9-11-7-17(22,8-11)10-26(23,24)14-5-4-12(18)6-13(14)19/h4-6,11,22H,7-10H2,1-3H3,(H,20,21). The van der Waals surface area contributed by atoms with Gasteiger partial charge in [-0.1, -0.05) is 0 Å². The van der Waals surface area contributed by atoms with E-state index in [9.17, 15) is 27.1 Å². The zero-order valence-corrected chi connectivity index (χ0v) is 15.7. The van der Waals surface area contributed by atoms with Crippen LogP contribution in [0.4, 0.5) is 13.6 Å². The van der Waals surface area contributed by atoms with E-state index >= 15 is 0 Å². The zero-order valence-electron chi connectivity index (χ0n) is 14.9. The Bertz CT molecular complexity index is 783. The van der Waals surface area contributed by atoms with Crippen LogP contribution in [0.15, 0.2) is 23.1 Å². The maximum absolute atomic E-state index is 13.7. The van der Waals surface area contributed by atoms with Crippen molar-refractivity contribution in [3.63, 3.8) is 0 Å². The Kier molecular flexibility index (Phi) is 5.63. The topological polar surface area (TPSA) is 92.7 Å². The molecule has 0 bridgehead atoms. The first-order valence-corrected chi connectivity index (χ1v) is 9.82. The van der Waals surface area contributed by atoms with Crippen LogP contribution < -0.4 is 5.32 Å². The molecule has 1 saturated carbocycles. The summed E-state index contributed by atoms with van der Waals surface area (Å²) in [5, 5.41) is 12.9. The molecule has 146 valence electrons. The Morgan fingerprint density at radius 3 is 2.50 bits per heavy atom. The van der Waals surface area contributed by atoms with Crippen LogP contribution in [-0.2, 0) is 14.6 Å². The number of rotatable bonds is 5. The number of hydrogen-bond acceptors (Lipinski definition) is 5. The van der Waals surface area contributed by atoms with Crippen molar-refractivity contribution >= 4 is 15.9 Å². The van der Waals surface area contributed by atoms with E-state index in [1.807, 2.05) is 0 Å². The van der Waals surface area contributed by atoms with Crippen molar-refractivity contribution in [3.05, 3.63) is 29.8 Å². The fraction of sp³-hybridized carbons (Fsp3) is 0.588. The van der Waals surface area contributed by atoms with E-state index in [0.717, 1.165) is 12.1 Å². The van der Waals surface area contributed by atoms with Crippen molar-refractivity contribution in [2.75, 3.05) is 12.3 Å². The molecule has 2 rings (SSSR count). The molecule has 9 heteroatoms. The lowest BCUT2D eigenvalue weighted by molar-refractivity contribution is -0.0535. The number of benzene rings is 1. The quantitative estimate of drug-likeness (QED) is 0.752. The highest BCUT2D eigenvalue weighted by atomic mass is 32.2. The lowest BCUT2D eigenvalue weighted by atomic mass is 9.72. The van der Waals surface area contributed by atoms with Crippen molar-refractivity contribution in [3.8, 4) is 0 Å². The van der Waals surface area contributed by atoms with Gasteiger partial charge in [0.25, 0.3) is 0 Å². The van der Waals surface area contributed by atoms with Gasteiger partial charge >= 0.3 is 6.09 Å². The second-order valence-corrected chi connectivity index (χ2v) is 9.67. The van der Waals surface area contributed by atoms with Gasteiger partial charge in [0.2, 0.25) is 0 Å². The molecule has 1 amide bonds. The Balaban J connectivity index is 1.89. The number of nitrogens with one attached hydrogen (secondary N) is 1. The lowest BCUT2D eigenvalue weighted by Crippen LogP contribution is -2.52. The number of hydrogen-bond donors (Lipinski definition) is 2. The molecule has 1 fully saturated rings. The van der Waals surface area contributed by atoms with E-state index in [4.69, 9.17) is 4.74 Å². The number of alkyl carbamates (subject to hydrolysis) is 1. The Hall–Kier alpha value is -1.74. The highest BCUT2D eigenvalue weighted by Crippen LogP contribution is 2.39. The van der Waals surface area contributed by atoms with E-state index in [1.54, 1.807) is 20.8 Å². The summed E-state index contributed by atoms with van der Waals surface area (Å²) in [6, 6.07) is 2.20. The number of carbonyl (C=O) groups is 1.